The van der Waals surface area contributed by atoms with Crippen molar-refractivity contribution in [1.82, 2.24) is 9.55 Å². The molecule has 0 N–H and O–H groups in total. The molecule has 90 valence electrons. The molecule has 0 atom stereocenters. The van der Waals surface area contributed by atoms with E-state index in [0.717, 1.165) is 15.8 Å². The molecule has 0 spiro atoms. The Bertz CT molecular complexity index is 549. The monoisotopic (exact) mass is 313 g/mol. The number of pyridine rings is 1. The molecular formula is C11H12BrN3OS. The van der Waals surface area contributed by atoms with E-state index in [9.17, 15) is 0 Å². The Hall–Kier alpha value is -0.980. The van der Waals surface area contributed by atoms with E-state index in [-0.39, 0.29) is 0 Å². The lowest BCUT2D eigenvalue weighted by Gasteiger charge is -2.00. The maximum Gasteiger partial charge on any atom is 0.193 e. The second kappa shape index (κ2) is 6.09. The predicted molar refractivity (Wildman–Crippen MR) is 71.4 cm³/mol. The number of hydrogen-bond donors (Lipinski definition) is 0. The highest BCUT2D eigenvalue weighted by atomic mass is 79.9. The van der Waals surface area contributed by atoms with Crippen molar-refractivity contribution in [2.45, 2.75) is 12.1 Å². The van der Waals surface area contributed by atoms with Crippen molar-refractivity contribution >= 4 is 33.1 Å². The van der Waals surface area contributed by atoms with Gasteiger partial charge in [-0.15, -0.1) is 11.3 Å². The van der Waals surface area contributed by atoms with Gasteiger partial charge in [-0.05, 0) is 12.1 Å². The molecule has 0 bridgehead atoms. The standard InChI is InChI=1S/C11H12BrN3OS/c1-16-8-15-5-6-17-11(15)14-10-4-2-3-9(7-12)13-10/h2-6H,7-8H2,1H3/b14-11-. The van der Waals surface area contributed by atoms with E-state index in [4.69, 9.17) is 4.74 Å². The molecule has 2 rings (SSSR count). The lowest BCUT2D eigenvalue weighted by atomic mass is 10.4. The number of rotatable bonds is 4. The molecule has 0 radical (unpaired) electrons. The molecule has 6 heteroatoms. The van der Waals surface area contributed by atoms with E-state index >= 15 is 0 Å². The zero-order valence-electron chi connectivity index (χ0n) is 9.34. The second-order valence-corrected chi connectivity index (χ2v) is 4.74. The van der Waals surface area contributed by atoms with Gasteiger partial charge in [0.25, 0.3) is 0 Å². The molecule has 0 fully saturated rings. The summed E-state index contributed by atoms with van der Waals surface area (Å²) in [6, 6.07) is 5.81. The maximum absolute atomic E-state index is 5.09. The third kappa shape index (κ3) is 3.24. The number of ether oxygens (including phenoxy) is 1. The number of alkyl halides is 1. The fourth-order valence-corrected chi connectivity index (χ4v) is 2.36. The normalized spacial score (nSPS) is 12.0. The molecule has 0 aliphatic heterocycles. The van der Waals surface area contributed by atoms with Crippen molar-refractivity contribution in [2.24, 2.45) is 4.99 Å². The summed E-state index contributed by atoms with van der Waals surface area (Å²) in [6.07, 6.45) is 1.95. The zero-order valence-corrected chi connectivity index (χ0v) is 11.7. The van der Waals surface area contributed by atoms with Gasteiger partial charge in [0, 0.05) is 24.0 Å². The SMILES string of the molecule is COCn1ccs/c1=N\c1cccc(CBr)n1. The summed E-state index contributed by atoms with van der Waals surface area (Å²) >= 11 is 4.94. The molecular weight excluding hydrogens is 302 g/mol. The summed E-state index contributed by atoms with van der Waals surface area (Å²) in [4.78, 5) is 9.78. The molecule has 0 unspecified atom stereocenters. The smallest absolute Gasteiger partial charge is 0.193 e. The van der Waals surface area contributed by atoms with Crippen molar-refractivity contribution < 1.29 is 4.74 Å². The number of methoxy groups -OCH3 is 1. The summed E-state index contributed by atoms with van der Waals surface area (Å²) in [5.74, 6) is 0.717. The van der Waals surface area contributed by atoms with Crippen LogP contribution in [0.1, 0.15) is 5.69 Å². The van der Waals surface area contributed by atoms with Gasteiger partial charge in [-0.25, -0.2) is 9.98 Å². The number of hydrogen-bond acceptors (Lipinski definition) is 4. The molecule has 0 aliphatic carbocycles. The Labute approximate surface area is 112 Å². The molecule has 17 heavy (non-hydrogen) atoms. The molecule has 2 aromatic heterocycles. The lowest BCUT2D eigenvalue weighted by Crippen LogP contribution is -2.14. The second-order valence-electron chi connectivity index (χ2n) is 3.31. The Morgan fingerprint density at radius 1 is 1.53 bits per heavy atom. The van der Waals surface area contributed by atoms with Crippen LogP contribution in [0.5, 0.6) is 0 Å². The number of thiazole rings is 1. The van der Waals surface area contributed by atoms with Gasteiger partial charge in [0.1, 0.15) is 6.73 Å². The Morgan fingerprint density at radius 2 is 2.41 bits per heavy atom. The molecule has 0 aromatic carbocycles. The summed E-state index contributed by atoms with van der Waals surface area (Å²) in [7, 11) is 1.66. The first-order valence-corrected chi connectivity index (χ1v) is 7.03. The van der Waals surface area contributed by atoms with E-state index in [0.29, 0.717) is 12.5 Å². The third-order valence-corrected chi connectivity index (χ3v) is 3.44. The van der Waals surface area contributed by atoms with Gasteiger partial charge < -0.3 is 4.74 Å². The summed E-state index contributed by atoms with van der Waals surface area (Å²) in [5.41, 5.74) is 0.973. The van der Waals surface area contributed by atoms with Crippen molar-refractivity contribution in [3.05, 3.63) is 40.3 Å². The van der Waals surface area contributed by atoms with E-state index < -0.39 is 0 Å². The van der Waals surface area contributed by atoms with Gasteiger partial charge in [-0.1, -0.05) is 22.0 Å². The van der Waals surface area contributed by atoms with Crippen LogP contribution >= 0.6 is 27.3 Å². The first-order chi connectivity index (χ1) is 8.33. The summed E-state index contributed by atoms with van der Waals surface area (Å²) in [6.45, 7) is 0.500. The molecule has 0 amide bonds. The minimum atomic E-state index is 0.500. The zero-order chi connectivity index (χ0) is 12.1. The van der Waals surface area contributed by atoms with Crippen LogP contribution in [0.4, 0.5) is 5.82 Å². The van der Waals surface area contributed by atoms with E-state index in [1.165, 1.54) is 0 Å². The quantitative estimate of drug-likeness (QED) is 0.814. The molecule has 2 aromatic rings. The van der Waals surface area contributed by atoms with Crippen molar-refractivity contribution in [2.75, 3.05) is 7.11 Å². The highest BCUT2D eigenvalue weighted by Gasteiger charge is 1.97. The lowest BCUT2D eigenvalue weighted by molar-refractivity contribution is 0.129. The van der Waals surface area contributed by atoms with Crippen LogP contribution in [0.2, 0.25) is 0 Å². The number of aromatic nitrogens is 2. The first-order valence-electron chi connectivity index (χ1n) is 5.03. The van der Waals surface area contributed by atoms with Crippen LogP contribution in [0.15, 0.2) is 34.8 Å². The van der Waals surface area contributed by atoms with Gasteiger partial charge in [0.2, 0.25) is 0 Å². The summed E-state index contributed by atoms with van der Waals surface area (Å²) < 4.78 is 7.03. The van der Waals surface area contributed by atoms with Gasteiger partial charge in [-0.2, -0.15) is 0 Å². The summed E-state index contributed by atoms with van der Waals surface area (Å²) in [5, 5.41) is 2.71. The van der Waals surface area contributed by atoms with Crippen LogP contribution in [0, 0.1) is 0 Å². The topological polar surface area (TPSA) is 39.4 Å². The van der Waals surface area contributed by atoms with Crippen LogP contribution < -0.4 is 4.80 Å². The average Bonchev–Trinajstić information content (AvgIpc) is 2.78. The number of nitrogens with zero attached hydrogens (tertiary/aromatic N) is 3. The largest absolute Gasteiger partial charge is 0.364 e. The van der Waals surface area contributed by atoms with Crippen molar-refractivity contribution in [3.63, 3.8) is 0 Å². The van der Waals surface area contributed by atoms with Gasteiger partial charge >= 0.3 is 0 Å². The fourth-order valence-electron chi connectivity index (χ4n) is 1.33. The average molecular weight is 314 g/mol. The first kappa shape index (κ1) is 12.5. The van der Waals surface area contributed by atoms with Crippen LogP contribution in [0.3, 0.4) is 0 Å². The van der Waals surface area contributed by atoms with Crippen LogP contribution in [-0.2, 0) is 16.8 Å². The Kier molecular flexibility index (Phi) is 4.47. The third-order valence-electron chi connectivity index (χ3n) is 2.07. The van der Waals surface area contributed by atoms with Gasteiger partial charge in [0.05, 0.1) is 5.69 Å². The number of halogens is 1. The Morgan fingerprint density at radius 3 is 3.18 bits per heavy atom. The van der Waals surface area contributed by atoms with Gasteiger partial charge in [-0.3, -0.25) is 4.57 Å². The van der Waals surface area contributed by atoms with E-state index in [1.807, 2.05) is 34.3 Å². The highest BCUT2D eigenvalue weighted by molar-refractivity contribution is 9.08. The van der Waals surface area contributed by atoms with Crippen LogP contribution in [-0.4, -0.2) is 16.7 Å². The van der Waals surface area contributed by atoms with E-state index in [1.54, 1.807) is 18.4 Å². The minimum Gasteiger partial charge on any atom is -0.364 e. The van der Waals surface area contributed by atoms with Crippen LogP contribution in [0.25, 0.3) is 0 Å². The molecule has 0 aliphatic rings. The molecule has 2 heterocycles. The molecule has 0 saturated carbocycles. The molecule has 4 nitrogen and oxygen atoms in total. The minimum absolute atomic E-state index is 0.500. The predicted octanol–water partition coefficient (Wildman–Crippen LogP) is 2.68. The maximum atomic E-state index is 5.09. The van der Waals surface area contributed by atoms with E-state index in [2.05, 4.69) is 25.9 Å². The Balaban J connectivity index is 2.36. The fraction of sp³-hybridized carbons (Fsp3) is 0.273. The van der Waals surface area contributed by atoms with Crippen molar-refractivity contribution in [1.29, 1.82) is 0 Å². The highest BCUT2D eigenvalue weighted by Crippen LogP contribution is 2.10. The van der Waals surface area contributed by atoms with Crippen molar-refractivity contribution in [3.8, 4) is 0 Å². The van der Waals surface area contributed by atoms with Gasteiger partial charge in [0.15, 0.2) is 10.6 Å². The molecule has 0 saturated heterocycles.